The van der Waals surface area contributed by atoms with Crippen molar-refractivity contribution in [2.75, 3.05) is 13.7 Å². The van der Waals surface area contributed by atoms with Crippen LogP contribution >= 0.6 is 11.6 Å². The Balaban J connectivity index is 2.06. The van der Waals surface area contributed by atoms with Crippen LogP contribution in [0.1, 0.15) is 15.9 Å². The first kappa shape index (κ1) is 18.0. The van der Waals surface area contributed by atoms with Crippen LogP contribution in [-0.2, 0) is 6.42 Å². The lowest BCUT2D eigenvalue weighted by molar-refractivity contribution is -0.0515. The lowest BCUT2D eigenvalue weighted by Crippen LogP contribution is -2.26. The molecule has 1 amide bonds. The van der Waals surface area contributed by atoms with Gasteiger partial charge in [-0.3, -0.25) is 4.79 Å². The van der Waals surface area contributed by atoms with Gasteiger partial charge >= 0.3 is 6.61 Å². The van der Waals surface area contributed by atoms with E-state index in [0.717, 1.165) is 5.56 Å². The van der Waals surface area contributed by atoms with Gasteiger partial charge < -0.3 is 14.8 Å². The van der Waals surface area contributed by atoms with Gasteiger partial charge in [-0.2, -0.15) is 8.78 Å². The minimum absolute atomic E-state index is 0.0132. The van der Waals surface area contributed by atoms with Crippen molar-refractivity contribution in [1.82, 2.24) is 5.32 Å². The Morgan fingerprint density at radius 1 is 1.25 bits per heavy atom. The van der Waals surface area contributed by atoms with E-state index in [-0.39, 0.29) is 17.1 Å². The highest BCUT2D eigenvalue weighted by atomic mass is 35.5. The van der Waals surface area contributed by atoms with E-state index in [9.17, 15) is 13.6 Å². The zero-order valence-corrected chi connectivity index (χ0v) is 13.6. The zero-order chi connectivity index (χ0) is 17.5. The topological polar surface area (TPSA) is 47.6 Å². The molecular weight excluding hydrogens is 340 g/mol. The molecule has 0 atom stereocenters. The molecule has 0 unspecified atom stereocenters. The molecule has 0 heterocycles. The van der Waals surface area contributed by atoms with Crippen LogP contribution in [0.25, 0.3) is 0 Å². The van der Waals surface area contributed by atoms with E-state index in [1.807, 2.05) is 12.1 Å². The number of ether oxygens (including phenoxy) is 2. The highest BCUT2D eigenvalue weighted by molar-refractivity contribution is 6.30. The van der Waals surface area contributed by atoms with Crippen LogP contribution in [0.2, 0.25) is 5.02 Å². The summed E-state index contributed by atoms with van der Waals surface area (Å²) < 4.78 is 34.5. The molecule has 2 aromatic rings. The molecule has 0 bridgehead atoms. The van der Waals surface area contributed by atoms with Crippen LogP contribution in [0.4, 0.5) is 8.78 Å². The van der Waals surface area contributed by atoms with Crippen molar-refractivity contribution < 1.29 is 23.0 Å². The van der Waals surface area contributed by atoms with Gasteiger partial charge in [0.1, 0.15) is 0 Å². The molecule has 1 N–H and O–H groups in total. The maximum absolute atomic E-state index is 12.6. The molecule has 0 aliphatic heterocycles. The average Bonchev–Trinajstić information content (AvgIpc) is 2.54. The number of methoxy groups -OCH3 is 1. The van der Waals surface area contributed by atoms with Gasteiger partial charge in [-0.05, 0) is 36.2 Å². The van der Waals surface area contributed by atoms with Gasteiger partial charge in [-0.15, -0.1) is 0 Å². The van der Waals surface area contributed by atoms with Gasteiger partial charge in [0, 0.05) is 11.6 Å². The van der Waals surface area contributed by atoms with Gasteiger partial charge in [-0.1, -0.05) is 29.8 Å². The van der Waals surface area contributed by atoms with Gasteiger partial charge in [0.05, 0.1) is 12.7 Å². The van der Waals surface area contributed by atoms with Gasteiger partial charge in [0.25, 0.3) is 5.91 Å². The number of amides is 1. The number of rotatable bonds is 7. The molecule has 0 radical (unpaired) electrons. The number of alkyl halides is 2. The molecule has 4 nitrogen and oxygen atoms in total. The van der Waals surface area contributed by atoms with E-state index in [0.29, 0.717) is 18.0 Å². The molecule has 0 aliphatic rings. The van der Waals surface area contributed by atoms with Crippen LogP contribution in [0.3, 0.4) is 0 Å². The van der Waals surface area contributed by atoms with E-state index in [1.165, 1.54) is 25.3 Å². The highest BCUT2D eigenvalue weighted by Crippen LogP contribution is 2.32. The van der Waals surface area contributed by atoms with Crippen molar-refractivity contribution in [3.05, 3.63) is 58.6 Å². The Morgan fingerprint density at radius 3 is 2.67 bits per heavy atom. The Morgan fingerprint density at radius 2 is 2.00 bits per heavy atom. The standard InChI is InChI=1S/C17H16ClF2NO3/c1-23-14-7-3-6-13(15(14)24-17(19)20)16(22)21-9-8-11-4-2-5-12(18)10-11/h2-7,10,17H,8-9H2,1H3,(H,21,22). The number of carbonyl (C=O) groups excluding carboxylic acids is 1. The molecule has 0 spiro atoms. The summed E-state index contributed by atoms with van der Waals surface area (Å²) in [4.78, 5) is 12.3. The fourth-order valence-corrected chi connectivity index (χ4v) is 2.39. The van der Waals surface area contributed by atoms with E-state index < -0.39 is 12.5 Å². The third kappa shape index (κ3) is 4.83. The summed E-state index contributed by atoms with van der Waals surface area (Å²) in [6, 6.07) is 11.6. The molecule has 0 saturated carbocycles. The first-order valence-electron chi connectivity index (χ1n) is 7.15. The van der Waals surface area contributed by atoms with E-state index in [1.54, 1.807) is 12.1 Å². The summed E-state index contributed by atoms with van der Waals surface area (Å²) in [5, 5.41) is 3.28. The monoisotopic (exact) mass is 355 g/mol. The van der Waals surface area contributed by atoms with E-state index >= 15 is 0 Å². The first-order chi connectivity index (χ1) is 11.5. The van der Waals surface area contributed by atoms with Crippen LogP contribution in [-0.4, -0.2) is 26.2 Å². The second kappa shape index (κ2) is 8.49. The van der Waals surface area contributed by atoms with Crippen molar-refractivity contribution in [3.63, 3.8) is 0 Å². The molecular formula is C17H16ClF2NO3. The summed E-state index contributed by atoms with van der Waals surface area (Å²) >= 11 is 5.90. The van der Waals surface area contributed by atoms with Crippen LogP contribution in [0.15, 0.2) is 42.5 Å². The largest absolute Gasteiger partial charge is 0.493 e. The highest BCUT2D eigenvalue weighted by Gasteiger charge is 2.19. The van der Waals surface area contributed by atoms with Crippen molar-refractivity contribution in [3.8, 4) is 11.5 Å². The summed E-state index contributed by atoms with van der Waals surface area (Å²) in [7, 11) is 1.31. The van der Waals surface area contributed by atoms with Crippen molar-refractivity contribution >= 4 is 17.5 Å². The Hall–Kier alpha value is -2.34. The minimum Gasteiger partial charge on any atom is -0.493 e. The van der Waals surface area contributed by atoms with Crippen LogP contribution in [0.5, 0.6) is 11.5 Å². The zero-order valence-electron chi connectivity index (χ0n) is 12.9. The molecule has 2 rings (SSSR count). The minimum atomic E-state index is -3.06. The summed E-state index contributed by atoms with van der Waals surface area (Å²) in [5.74, 6) is -0.736. The Kier molecular flexibility index (Phi) is 6.37. The van der Waals surface area contributed by atoms with Crippen molar-refractivity contribution in [1.29, 1.82) is 0 Å². The summed E-state index contributed by atoms with van der Waals surface area (Å²) in [6.07, 6.45) is 0.557. The maximum Gasteiger partial charge on any atom is 0.387 e. The van der Waals surface area contributed by atoms with Crippen LogP contribution < -0.4 is 14.8 Å². The number of benzene rings is 2. The Labute approximate surface area is 143 Å². The van der Waals surface area contributed by atoms with Gasteiger partial charge in [-0.25, -0.2) is 0 Å². The SMILES string of the molecule is COc1cccc(C(=O)NCCc2cccc(Cl)c2)c1OC(F)F. The number of hydrogen-bond acceptors (Lipinski definition) is 3. The quantitative estimate of drug-likeness (QED) is 0.818. The molecule has 24 heavy (non-hydrogen) atoms. The Bertz CT molecular complexity index is 710. The smallest absolute Gasteiger partial charge is 0.387 e. The van der Waals surface area contributed by atoms with Crippen LogP contribution in [0, 0.1) is 0 Å². The predicted octanol–water partition coefficient (Wildman–Crippen LogP) is 3.92. The first-order valence-corrected chi connectivity index (χ1v) is 7.53. The molecule has 0 fully saturated rings. The average molecular weight is 356 g/mol. The van der Waals surface area contributed by atoms with E-state index in [4.69, 9.17) is 16.3 Å². The summed E-state index contributed by atoms with van der Waals surface area (Å²) in [6.45, 7) is -2.73. The molecule has 0 saturated heterocycles. The summed E-state index contributed by atoms with van der Waals surface area (Å²) in [5.41, 5.74) is 0.943. The fraction of sp³-hybridized carbons (Fsp3) is 0.235. The number of hydrogen-bond donors (Lipinski definition) is 1. The second-order valence-electron chi connectivity index (χ2n) is 4.85. The third-order valence-electron chi connectivity index (χ3n) is 3.24. The lowest BCUT2D eigenvalue weighted by Gasteiger charge is -2.14. The predicted molar refractivity (Wildman–Crippen MR) is 87.1 cm³/mol. The number of carbonyl (C=O) groups is 1. The molecule has 0 aromatic heterocycles. The van der Waals surface area contributed by atoms with Crippen molar-refractivity contribution in [2.45, 2.75) is 13.0 Å². The van der Waals surface area contributed by atoms with Gasteiger partial charge in [0.2, 0.25) is 0 Å². The second-order valence-corrected chi connectivity index (χ2v) is 5.29. The third-order valence-corrected chi connectivity index (χ3v) is 3.47. The maximum atomic E-state index is 12.6. The molecule has 128 valence electrons. The molecule has 2 aromatic carbocycles. The van der Waals surface area contributed by atoms with Gasteiger partial charge in [0.15, 0.2) is 11.5 Å². The molecule has 0 aliphatic carbocycles. The fourth-order valence-electron chi connectivity index (χ4n) is 2.17. The number of para-hydroxylation sites is 1. The molecule has 7 heteroatoms. The number of halogens is 3. The lowest BCUT2D eigenvalue weighted by atomic mass is 10.1. The number of nitrogens with one attached hydrogen (secondary N) is 1. The normalized spacial score (nSPS) is 10.5. The van der Waals surface area contributed by atoms with E-state index in [2.05, 4.69) is 10.1 Å². The van der Waals surface area contributed by atoms with Crippen molar-refractivity contribution in [2.24, 2.45) is 0 Å².